The van der Waals surface area contributed by atoms with E-state index in [-0.39, 0.29) is 12.2 Å². The molecular formula is C21H16O5. The van der Waals surface area contributed by atoms with Crippen molar-refractivity contribution >= 4 is 10.8 Å². The topological polar surface area (TPSA) is 60.5 Å². The Bertz CT molecular complexity index is 1020. The van der Waals surface area contributed by atoms with Gasteiger partial charge in [0.05, 0.1) is 12.5 Å². The van der Waals surface area contributed by atoms with Crippen LogP contribution in [0.25, 0.3) is 10.8 Å². The summed E-state index contributed by atoms with van der Waals surface area (Å²) in [6.07, 6.45) is -1.51. The number of epoxide rings is 1. The Labute approximate surface area is 149 Å². The molecule has 2 heterocycles. The van der Waals surface area contributed by atoms with Crippen LogP contribution >= 0.6 is 0 Å². The lowest BCUT2D eigenvalue weighted by Crippen LogP contribution is -2.50. The molecule has 3 aromatic carbocycles. The maximum Gasteiger partial charge on any atom is 0.307 e. The van der Waals surface area contributed by atoms with Crippen molar-refractivity contribution < 1.29 is 24.1 Å². The predicted octanol–water partition coefficient (Wildman–Crippen LogP) is 3.29. The molecule has 6 rings (SSSR count). The smallest absolute Gasteiger partial charge is 0.307 e. The SMILES string of the molecule is COc1cccc2c1[C@@H](O)[C@H]1O[C@H]1C21Oc2cccc3cccc(c23)O1. The van der Waals surface area contributed by atoms with Gasteiger partial charge in [0.1, 0.15) is 29.5 Å². The number of fused-ring (bicyclic) bond motifs is 4. The van der Waals surface area contributed by atoms with E-state index in [1.807, 2.05) is 54.6 Å². The Kier molecular flexibility index (Phi) is 2.60. The maximum absolute atomic E-state index is 10.7. The van der Waals surface area contributed by atoms with Gasteiger partial charge >= 0.3 is 5.79 Å². The van der Waals surface area contributed by atoms with Gasteiger partial charge in [-0.2, -0.15) is 0 Å². The molecule has 1 saturated heterocycles. The number of aliphatic hydroxyl groups is 1. The third-order valence-corrected chi connectivity index (χ3v) is 5.52. The van der Waals surface area contributed by atoms with Crippen molar-refractivity contribution in [3.05, 3.63) is 65.7 Å². The van der Waals surface area contributed by atoms with Gasteiger partial charge in [0.15, 0.2) is 6.10 Å². The summed E-state index contributed by atoms with van der Waals surface area (Å²) in [5.41, 5.74) is 1.41. The van der Waals surface area contributed by atoms with Crippen molar-refractivity contribution in [3.63, 3.8) is 0 Å². The summed E-state index contributed by atoms with van der Waals surface area (Å²) in [4.78, 5) is 0. The van der Waals surface area contributed by atoms with Crippen molar-refractivity contribution in [2.24, 2.45) is 0 Å². The Morgan fingerprint density at radius 3 is 2.35 bits per heavy atom. The van der Waals surface area contributed by atoms with Crippen molar-refractivity contribution in [2.75, 3.05) is 7.11 Å². The van der Waals surface area contributed by atoms with Gasteiger partial charge in [-0.25, -0.2) is 0 Å². The van der Waals surface area contributed by atoms with E-state index in [1.54, 1.807) is 7.11 Å². The lowest BCUT2D eigenvalue weighted by molar-refractivity contribution is -0.148. The Morgan fingerprint density at radius 1 is 0.962 bits per heavy atom. The molecule has 1 N–H and O–H groups in total. The summed E-state index contributed by atoms with van der Waals surface area (Å²) in [6, 6.07) is 17.5. The van der Waals surface area contributed by atoms with Crippen molar-refractivity contribution in [1.29, 1.82) is 0 Å². The Balaban J connectivity index is 1.62. The van der Waals surface area contributed by atoms with E-state index in [2.05, 4.69) is 0 Å². The molecule has 0 unspecified atom stereocenters. The zero-order valence-electron chi connectivity index (χ0n) is 14.0. The molecule has 0 amide bonds. The highest BCUT2D eigenvalue weighted by atomic mass is 16.8. The third-order valence-electron chi connectivity index (χ3n) is 5.52. The standard InChI is InChI=1S/C21H16O5/c1-23-13-8-4-7-12-17(13)18(22)19-20(24-19)21(12)25-14-9-2-5-11-6-3-10-15(26-21)16(11)14/h2-10,18-20,22H,1H3/t18-,19-,20-/m1/s1. The van der Waals surface area contributed by atoms with Gasteiger partial charge in [-0.1, -0.05) is 36.4 Å². The van der Waals surface area contributed by atoms with E-state index in [9.17, 15) is 5.11 Å². The number of aliphatic hydroxyl groups excluding tert-OH is 1. The fourth-order valence-corrected chi connectivity index (χ4v) is 4.34. The Hall–Kier alpha value is -2.76. The van der Waals surface area contributed by atoms with Crippen molar-refractivity contribution in [1.82, 2.24) is 0 Å². The highest BCUT2D eigenvalue weighted by molar-refractivity contribution is 5.94. The molecule has 2 aliphatic heterocycles. The molecule has 5 nitrogen and oxygen atoms in total. The fourth-order valence-electron chi connectivity index (χ4n) is 4.34. The van der Waals surface area contributed by atoms with Crippen LogP contribution in [0.2, 0.25) is 0 Å². The van der Waals surface area contributed by atoms with E-state index in [0.29, 0.717) is 11.3 Å². The lowest BCUT2D eigenvalue weighted by Gasteiger charge is -2.41. The molecule has 26 heavy (non-hydrogen) atoms. The van der Waals surface area contributed by atoms with Gasteiger partial charge in [-0.3, -0.25) is 0 Å². The zero-order valence-corrected chi connectivity index (χ0v) is 14.0. The van der Waals surface area contributed by atoms with Crippen LogP contribution in [-0.2, 0) is 10.5 Å². The molecule has 5 heteroatoms. The predicted molar refractivity (Wildman–Crippen MR) is 93.5 cm³/mol. The first-order chi connectivity index (χ1) is 12.7. The second-order valence-corrected chi connectivity index (χ2v) is 6.87. The quantitative estimate of drug-likeness (QED) is 0.684. The average molecular weight is 348 g/mol. The number of methoxy groups -OCH3 is 1. The zero-order chi connectivity index (χ0) is 17.5. The molecule has 0 bridgehead atoms. The summed E-state index contributed by atoms with van der Waals surface area (Å²) in [6.45, 7) is 0. The number of hydrogen-bond donors (Lipinski definition) is 1. The fraction of sp³-hybridized carbons (Fsp3) is 0.238. The second kappa shape index (κ2) is 4.69. The summed E-state index contributed by atoms with van der Waals surface area (Å²) >= 11 is 0. The van der Waals surface area contributed by atoms with Crippen molar-refractivity contribution in [2.45, 2.75) is 24.1 Å². The van der Waals surface area contributed by atoms with Crippen LogP contribution in [0.1, 0.15) is 17.2 Å². The summed E-state index contributed by atoms with van der Waals surface area (Å²) < 4.78 is 24.2. The van der Waals surface area contributed by atoms with Crippen LogP contribution in [0.4, 0.5) is 0 Å². The molecule has 130 valence electrons. The van der Waals surface area contributed by atoms with Gasteiger partial charge in [0.2, 0.25) is 0 Å². The minimum atomic E-state index is -1.13. The van der Waals surface area contributed by atoms with E-state index < -0.39 is 11.9 Å². The minimum absolute atomic E-state index is 0.372. The van der Waals surface area contributed by atoms with Gasteiger partial charge in [0, 0.05) is 11.1 Å². The van der Waals surface area contributed by atoms with E-state index in [0.717, 1.165) is 27.8 Å². The molecule has 3 atom stereocenters. The first kappa shape index (κ1) is 14.4. The molecule has 1 spiro atoms. The number of hydrogen-bond acceptors (Lipinski definition) is 5. The summed E-state index contributed by atoms with van der Waals surface area (Å²) in [5, 5.41) is 12.7. The molecule has 0 aromatic heterocycles. The van der Waals surface area contributed by atoms with Crippen LogP contribution < -0.4 is 14.2 Å². The van der Waals surface area contributed by atoms with Crippen LogP contribution in [0, 0.1) is 0 Å². The number of benzene rings is 3. The van der Waals surface area contributed by atoms with Gasteiger partial charge in [0.25, 0.3) is 0 Å². The van der Waals surface area contributed by atoms with Crippen LogP contribution in [0.3, 0.4) is 0 Å². The first-order valence-corrected chi connectivity index (χ1v) is 8.63. The molecule has 1 aliphatic carbocycles. The van der Waals surface area contributed by atoms with Crippen LogP contribution in [0.15, 0.2) is 54.6 Å². The van der Waals surface area contributed by atoms with Gasteiger partial charge in [-0.05, 0) is 23.6 Å². The first-order valence-electron chi connectivity index (χ1n) is 8.63. The lowest BCUT2D eigenvalue weighted by atomic mass is 9.83. The third kappa shape index (κ3) is 1.62. The minimum Gasteiger partial charge on any atom is -0.496 e. The summed E-state index contributed by atoms with van der Waals surface area (Å²) in [5.74, 6) is 0.983. The van der Waals surface area contributed by atoms with Crippen molar-refractivity contribution in [3.8, 4) is 17.2 Å². The normalized spacial score (nSPS) is 26.5. The Morgan fingerprint density at radius 2 is 1.65 bits per heavy atom. The number of rotatable bonds is 1. The molecule has 0 saturated carbocycles. The molecule has 3 aromatic rings. The molecule has 3 aliphatic rings. The second-order valence-electron chi connectivity index (χ2n) is 6.87. The van der Waals surface area contributed by atoms with Crippen LogP contribution in [-0.4, -0.2) is 24.4 Å². The van der Waals surface area contributed by atoms with E-state index in [4.69, 9.17) is 18.9 Å². The molecule has 0 radical (unpaired) electrons. The number of ether oxygens (including phenoxy) is 4. The average Bonchev–Trinajstić information content (AvgIpc) is 3.48. The highest BCUT2D eigenvalue weighted by Crippen LogP contribution is 2.58. The largest absolute Gasteiger partial charge is 0.496 e. The van der Waals surface area contributed by atoms with Gasteiger partial charge in [-0.15, -0.1) is 0 Å². The highest BCUT2D eigenvalue weighted by Gasteiger charge is 2.68. The monoisotopic (exact) mass is 348 g/mol. The van der Waals surface area contributed by atoms with E-state index >= 15 is 0 Å². The summed E-state index contributed by atoms with van der Waals surface area (Å²) in [7, 11) is 1.59. The maximum atomic E-state index is 10.7. The van der Waals surface area contributed by atoms with Gasteiger partial charge < -0.3 is 24.1 Å². The molecular weight excluding hydrogens is 332 g/mol. The van der Waals surface area contributed by atoms with E-state index in [1.165, 1.54) is 0 Å². The van der Waals surface area contributed by atoms with Crippen LogP contribution in [0.5, 0.6) is 17.2 Å². The molecule has 1 fully saturated rings.